The topological polar surface area (TPSA) is 48.1 Å². The Morgan fingerprint density at radius 3 is 2.58 bits per heavy atom. The van der Waals surface area contributed by atoms with Crippen molar-refractivity contribution in [1.82, 2.24) is 0 Å². The summed E-state index contributed by atoms with van der Waals surface area (Å²) in [4.78, 5) is 12.8. The highest BCUT2D eigenvalue weighted by atomic mass is 16.7. The zero-order valence-electron chi connectivity index (χ0n) is 14.8. The van der Waals surface area contributed by atoms with Crippen LogP contribution in [-0.2, 0) is 19.9 Å². The fourth-order valence-electron chi connectivity index (χ4n) is 3.94. The molecule has 4 heteroatoms. The molecular formula is C20H28O4. The van der Waals surface area contributed by atoms with Gasteiger partial charge in [-0.1, -0.05) is 44.7 Å². The molecule has 3 rings (SSSR count). The number of rotatable bonds is 7. The summed E-state index contributed by atoms with van der Waals surface area (Å²) >= 11 is 0. The number of hydrogen-bond donors (Lipinski definition) is 0. The maximum Gasteiger partial charge on any atom is 0.341 e. The van der Waals surface area contributed by atoms with E-state index in [9.17, 15) is 4.79 Å². The Hall–Kier alpha value is -1.55. The van der Waals surface area contributed by atoms with Crippen molar-refractivity contribution in [3.05, 3.63) is 29.8 Å². The third-order valence-electron chi connectivity index (χ3n) is 5.38. The molecular weight excluding hydrogens is 304 g/mol. The second-order valence-corrected chi connectivity index (χ2v) is 6.89. The highest BCUT2D eigenvalue weighted by molar-refractivity contribution is 5.85. The minimum absolute atomic E-state index is 0.170. The molecule has 24 heavy (non-hydrogen) atoms. The molecule has 0 spiro atoms. The van der Waals surface area contributed by atoms with Gasteiger partial charge < -0.3 is 14.2 Å². The lowest BCUT2D eigenvalue weighted by atomic mass is 9.82. The van der Waals surface area contributed by atoms with Crippen LogP contribution < -0.4 is 4.74 Å². The lowest BCUT2D eigenvalue weighted by Gasteiger charge is -2.17. The van der Waals surface area contributed by atoms with Crippen molar-refractivity contribution in [1.29, 1.82) is 0 Å². The van der Waals surface area contributed by atoms with Crippen LogP contribution in [0.25, 0.3) is 0 Å². The van der Waals surface area contributed by atoms with Gasteiger partial charge in [0.1, 0.15) is 11.4 Å². The van der Waals surface area contributed by atoms with E-state index in [0.717, 1.165) is 62.7 Å². The minimum atomic E-state index is -0.774. The molecule has 0 aromatic heterocycles. The minimum Gasteiger partial charge on any atom is -0.497 e. The molecule has 0 amide bonds. The average molecular weight is 332 g/mol. The molecule has 0 N–H and O–H groups in total. The van der Waals surface area contributed by atoms with Crippen LogP contribution in [0.5, 0.6) is 5.75 Å². The summed E-state index contributed by atoms with van der Waals surface area (Å²) in [5, 5.41) is 0. The fourth-order valence-corrected chi connectivity index (χ4v) is 3.94. The molecule has 1 aromatic carbocycles. The first-order valence-electron chi connectivity index (χ1n) is 9.20. The Bertz CT molecular complexity index is 568. The van der Waals surface area contributed by atoms with Crippen LogP contribution in [0.4, 0.5) is 0 Å². The lowest BCUT2D eigenvalue weighted by Crippen LogP contribution is -2.34. The normalized spacial score (nSPS) is 28.6. The van der Waals surface area contributed by atoms with Crippen LogP contribution in [0, 0.1) is 0 Å². The quantitative estimate of drug-likeness (QED) is 0.423. The maximum absolute atomic E-state index is 12.8. The number of carbonyl (C=O) groups excluding carboxylic acids is 1. The molecule has 1 saturated heterocycles. The number of carbonyl (C=O) groups is 1. The van der Waals surface area contributed by atoms with Gasteiger partial charge in [0.2, 0.25) is 0 Å². The van der Waals surface area contributed by atoms with Gasteiger partial charge in [0.15, 0.2) is 5.60 Å². The number of fused-ring (bicyclic) bond motifs is 1. The third-order valence-corrected chi connectivity index (χ3v) is 5.38. The van der Waals surface area contributed by atoms with E-state index >= 15 is 0 Å². The van der Waals surface area contributed by atoms with Gasteiger partial charge in [-0.25, -0.2) is 4.79 Å². The predicted octanol–water partition coefficient (Wildman–Crippen LogP) is 4.36. The van der Waals surface area contributed by atoms with E-state index < -0.39 is 11.2 Å². The molecule has 1 aromatic rings. The predicted molar refractivity (Wildman–Crippen MR) is 92.1 cm³/mol. The standard InChI is InChI=1S/C20H28O4/c1-3-4-8-15-23-18(21)20-14-7-5-6-13-19(20,24-20)16-9-11-17(22-2)12-10-16/h9-12H,3-8,13-15H2,1-2H3. The Kier molecular flexibility index (Phi) is 5.14. The lowest BCUT2D eigenvalue weighted by molar-refractivity contribution is -0.150. The summed E-state index contributed by atoms with van der Waals surface area (Å²) in [6, 6.07) is 7.93. The van der Waals surface area contributed by atoms with Gasteiger partial charge in [-0.2, -0.15) is 0 Å². The van der Waals surface area contributed by atoms with Gasteiger partial charge in [-0.05, 0) is 43.4 Å². The van der Waals surface area contributed by atoms with E-state index in [0.29, 0.717) is 6.61 Å². The van der Waals surface area contributed by atoms with Gasteiger partial charge in [0.25, 0.3) is 0 Å². The number of hydrogen-bond acceptors (Lipinski definition) is 4. The van der Waals surface area contributed by atoms with Crippen LogP contribution in [0.2, 0.25) is 0 Å². The summed E-state index contributed by atoms with van der Waals surface area (Å²) in [6.45, 7) is 2.64. The summed E-state index contributed by atoms with van der Waals surface area (Å²) in [7, 11) is 1.66. The highest BCUT2D eigenvalue weighted by Gasteiger charge is 2.75. The molecule has 132 valence electrons. The molecule has 1 aliphatic heterocycles. The van der Waals surface area contributed by atoms with Crippen molar-refractivity contribution < 1.29 is 19.0 Å². The van der Waals surface area contributed by atoms with Gasteiger partial charge in [-0.15, -0.1) is 0 Å². The first-order valence-corrected chi connectivity index (χ1v) is 9.20. The molecule has 0 radical (unpaired) electrons. The smallest absolute Gasteiger partial charge is 0.341 e. The van der Waals surface area contributed by atoms with E-state index in [1.807, 2.05) is 24.3 Å². The number of unbranched alkanes of at least 4 members (excludes halogenated alkanes) is 2. The van der Waals surface area contributed by atoms with E-state index in [-0.39, 0.29) is 5.97 Å². The van der Waals surface area contributed by atoms with Gasteiger partial charge >= 0.3 is 5.97 Å². The highest BCUT2D eigenvalue weighted by Crippen LogP contribution is 2.63. The van der Waals surface area contributed by atoms with Crippen molar-refractivity contribution in [3.8, 4) is 5.75 Å². The van der Waals surface area contributed by atoms with Crippen LogP contribution in [0.1, 0.15) is 63.9 Å². The first kappa shape index (κ1) is 17.3. The monoisotopic (exact) mass is 332 g/mol. The fraction of sp³-hybridized carbons (Fsp3) is 0.650. The Balaban J connectivity index is 1.78. The largest absolute Gasteiger partial charge is 0.497 e. The summed E-state index contributed by atoms with van der Waals surface area (Å²) < 4.78 is 17.0. The van der Waals surface area contributed by atoms with Crippen molar-refractivity contribution in [3.63, 3.8) is 0 Å². The summed E-state index contributed by atoms with van der Waals surface area (Å²) in [5.41, 5.74) is -0.210. The summed E-state index contributed by atoms with van der Waals surface area (Å²) in [6.07, 6.45) is 8.01. The maximum atomic E-state index is 12.8. The van der Waals surface area contributed by atoms with Crippen LogP contribution in [0.15, 0.2) is 24.3 Å². The molecule has 1 aliphatic carbocycles. The zero-order chi connectivity index (χ0) is 17.0. The Morgan fingerprint density at radius 1 is 1.12 bits per heavy atom. The molecule has 2 fully saturated rings. The second-order valence-electron chi connectivity index (χ2n) is 6.89. The zero-order valence-corrected chi connectivity index (χ0v) is 14.8. The molecule has 1 saturated carbocycles. The van der Waals surface area contributed by atoms with Crippen LogP contribution in [-0.4, -0.2) is 25.3 Å². The third kappa shape index (κ3) is 2.92. The second kappa shape index (κ2) is 7.14. The number of benzene rings is 1. The van der Waals surface area contributed by atoms with Crippen LogP contribution >= 0.6 is 0 Å². The first-order chi connectivity index (χ1) is 11.7. The molecule has 2 aliphatic rings. The van der Waals surface area contributed by atoms with Crippen LogP contribution in [0.3, 0.4) is 0 Å². The van der Waals surface area contributed by atoms with Crippen molar-refractivity contribution in [2.75, 3.05) is 13.7 Å². The SMILES string of the molecule is CCCCCOC(=O)C12CCCCCC1(c1ccc(OC)cc1)O2. The van der Waals surface area contributed by atoms with Crippen molar-refractivity contribution in [2.45, 2.75) is 69.5 Å². The number of esters is 1. The molecule has 4 nitrogen and oxygen atoms in total. The Labute approximate surface area is 144 Å². The number of methoxy groups -OCH3 is 1. The van der Waals surface area contributed by atoms with Crippen molar-refractivity contribution in [2.24, 2.45) is 0 Å². The Morgan fingerprint density at radius 2 is 1.88 bits per heavy atom. The molecule has 2 unspecified atom stereocenters. The van der Waals surface area contributed by atoms with Gasteiger partial charge in [0, 0.05) is 0 Å². The van der Waals surface area contributed by atoms with Gasteiger partial charge in [0.05, 0.1) is 13.7 Å². The van der Waals surface area contributed by atoms with E-state index in [1.165, 1.54) is 0 Å². The molecule has 0 bridgehead atoms. The van der Waals surface area contributed by atoms with E-state index in [4.69, 9.17) is 14.2 Å². The molecule has 1 heterocycles. The average Bonchev–Trinajstić information content (AvgIpc) is 3.30. The van der Waals surface area contributed by atoms with Crippen molar-refractivity contribution >= 4 is 5.97 Å². The van der Waals surface area contributed by atoms with E-state index in [2.05, 4.69) is 6.92 Å². The molecule has 2 atom stereocenters. The number of epoxide rings is 1. The van der Waals surface area contributed by atoms with E-state index in [1.54, 1.807) is 7.11 Å². The van der Waals surface area contributed by atoms with Gasteiger partial charge in [-0.3, -0.25) is 0 Å². The number of ether oxygens (including phenoxy) is 3. The summed E-state index contributed by atoms with van der Waals surface area (Å²) in [5.74, 6) is 0.647.